The molecular weight excluding hydrogens is 312 g/mol. The molecule has 1 atom stereocenters. The van der Waals surface area contributed by atoms with E-state index in [9.17, 15) is 9.59 Å². The maximum Gasteiger partial charge on any atom is 0.309 e. The zero-order valence-electron chi connectivity index (χ0n) is 16.0. The smallest absolute Gasteiger partial charge is 0.309 e. The predicted octanol–water partition coefficient (Wildman–Crippen LogP) is 3.63. The molecule has 0 bridgehead atoms. The minimum Gasteiger partial charge on any atom is -0.347 e. The molecule has 2 N–H and O–H groups in total. The van der Waals surface area contributed by atoms with Gasteiger partial charge in [0.1, 0.15) is 0 Å². The number of benzene rings is 1. The van der Waals surface area contributed by atoms with Crippen molar-refractivity contribution in [2.75, 3.05) is 6.54 Å². The summed E-state index contributed by atoms with van der Waals surface area (Å²) in [6, 6.07) is 10.1. The average Bonchev–Trinajstić information content (AvgIpc) is 2.59. The van der Waals surface area contributed by atoms with Crippen LogP contribution < -0.4 is 10.6 Å². The van der Waals surface area contributed by atoms with Crippen molar-refractivity contribution in [2.45, 2.75) is 65.3 Å². The molecule has 1 fully saturated rings. The molecule has 0 unspecified atom stereocenters. The molecule has 1 aliphatic carbocycles. The Kier molecular flexibility index (Phi) is 6.63. The van der Waals surface area contributed by atoms with Crippen molar-refractivity contribution >= 4 is 11.8 Å². The third-order valence-corrected chi connectivity index (χ3v) is 5.43. The Balaban J connectivity index is 1.73. The summed E-state index contributed by atoms with van der Waals surface area (Å²) in [5.74, 6) is -0.151. The first-order valence-corrected chi connectivity index (χ1v) is 9.41. The standard InChI is InChI=1S/C21H32N2O2/c1-15(16-8-6-5-7-9-16)14-22-19(24)20(25)23-18-12-10-17(11-13-18)21(2,3)4/h5-9,15,17-18H,10-14H2,1-4H3,(H,22,24)(H,23,25)/t15-,17?,18?/m0/s1. The summed E-state index contributed by atoms with van der Waals surface area (Å²) in [5.41, 5.74) is 1.48. The van der Waals surface area contributed by atoms with Gasteiger partial charge in [-0.3, -0.25) is 9.59 Å². The summed E-state index contributed by atoms with van der Waals surface area (Å²) >= 11 is 0. The van der Waals surface area contributed by atoms with E-state index in [1.54, 1.807) is 0 Å². The fourth-order valence-corrected chi connectivity index (χ4v) is 3.58. The number of nitrogens with one attached hydrogen (secondary N) is 2. The predicted molar refractivity (Wildman–Crippen MR) is 101 cm³/mol. The Morgan fingerprint density at radius 3 is 2.20 bits per heavy atom. The molecule has 138 valence electrons. The van der Waals surface area contributed by atoms with Crippen LogP contribution >= 0.6 is 0 Å². The Labute approximate surface area is 151 Å². The van der Waals surface area contributed by atoms with Gasteiger partial charge in [0.2, 0.25) is 0 Å². The lowest BCUT2D eigenvalue weighted by atomic mass is 9.71. The zero-order valence-corrected chi connectivity index (χ0v) is 16.0. The van der Waals surface area contributed by atoms with Crippen LogP contribution in [0.1, 0.15) is 64.9 Å². The monoisotopic (exact) mass is 344 g/mol. The van der Waals surface area contributed by atoms with E-state index in [0.717, 1.165) is 31.2 Å². The first-order valence-electron chi connectivity index (χ1n) is 9.41. The normalized spacial score (nSPS) is 22.1. The maximum atomic E-state index is 12.1. The van der Waals surface area contributed by atoms with Gasteiger partial charge in [0.15, 0.2) is 0 Å². The highest BCUT2D eigenvalue weighted by Gasteiger charge is 2.30. The summed E-state index contributed by atoms with van der Waals surface area (Å²) in [6.45, 7) is 9.34. The summed E-state index contributed by atoms with van der Waals surface area (Å²) in [7, 11) is 0. The summed E-state index contributed by atoms with van der Waals surface area (Å²) < 4.78 is 0. The second kappa shape index (κ2) is 8.50. The van der Waals surface area contributed by atoms with E-state index < -0.39 is 11.8 Å². The van der Waals surface area contributed by atoms with Gasteiger partial charge in [-0.25, -0.2) is 0 Å². The van der Waals surface area contributed by atoms with E-state index in [1.165, 1.54) is 0 Å². The molecule has 1 saturated carbocycles. The van der Waals surface area contributed by atoms with Crippen molar-refractivity contribution in [1.29, 1.82) is 0 Å². The first kappa shape index (κ1) is 19.5. The first-order chi connectivity index (χ1) is 11.8. The molecule has 1 aromatic carbocycles. The van der Waals surface area contributed by atoms with Crippen molar-refractivity contribution in [3.63, 3.8) is 0 Å². The lowest BCUT2D eigenvalue weighted by Gasteiger charge is -2.37. The number of hydrogen-bond donors (Lipinski definition) is 2. The molecule has 0 aromatic heterocycles. The van der Waals surface area contributed by atoms with Gasteiger partial charge in [0.05, 0.1) is 0 Å². The quantitative estimate of drug-likeness (QED) is 0.820. The summed E-state index contributed by atoms with van der Waals surface area (Å²) in [6.07, 6.45) is 4.14. The summed E-state index contributed by atoms with van der Waals surface area (Å²) in [5, 5.41) is 5.66. The molecule has 4 nitrogen and oxygen atoms in total. The molecule has 0 radical (unpaired) electrons. The second-order valence-electron chi connectivity index (χ2n) is 8.41. The van der Waals surface area contributed by atoms with Gasteiger partial charge in [-0.1, -0.05) is 58.0 Å². The van der Waals surface area contributed by atoms with Crippen molar-refractivity contribution in [3.05, 3.63) is 35.9 Å². The topological polar surface area (TPSA) is 58.2 Å². The van der Waals surface area contributed by atoms with Gasteiger partial charge in [0.25, 0.3) is 0 Å². The zero-order chi connectivity index (χ0) is 18.4. The van der Waals surface area contributed by atoms with Crippen LogP contribution in [-0.4, -0.2) is 24.4 Å². The fourth-order valence-electron chi connectivity index (χ4n) is 3.58. The van der Waals surface area contributed by atoms with Crippen LogP contribution in [-0.2, 0) is 9.59 Å². The number of carbonyl (C=O) groups excluding carboxylic acids is 2. The molecule has 0 heterocycles. The largest absolute Gasteiger partial charge is 0.347 e. The number of amides is 2. The van der Waals surface area contributed by atoms with E-state index >= 15 is 0 Å². The second-order valence-corrected chi connectivity index (χ2v) is 8.41. The minimum absolute atomic E-state index is 0.128. The van der Waals surface area contributed by atoms with Gasteiger partial charge >= 0.3 is 11.8 Å². The Morgan fingerprint density at radius 2 is 1.64 bits per heavy atom. The molecule has 2 amide bonds. The van der Waals surface area contributed by atoms with E-state index in [-0.39, 0.29) is 12.0 Å². The molecule has 25 heavy (non-hydrogen) atoms. The SMILES string of the molecule is C[C@@H](CNC(=O)C(=O)NC1CCC(C(C)(C)C)CC1)c1ccccc1. The molecular formula is C21H32N2O2. The highest BCUT2D eigenvalue weighted by molar-refractivity contribution is 6.35. The Morgan fingerprint density at radius 1 is 1.04 bits per heavy atom. The van der Waals surface area contributed by atoms with E-state index in [0.29, 0.717) is 17.9 Å². The van der Waals surface area contributed by atoms with Crippen LogP contribution in [0.5, 0.6) is 0 Å². The lowest BCUT2D eigenvalue weighted by molar-refractivity contribution is -0.139. The van der Waals surface area contributed by atoms with Crippen molar-refractivity contribution in [3.8, 4) is 0 Å². The van der Waals surface area contributed by atoms with E-state index in [4.69, 9.17) is 0 Å². The van der Waals surface area contributed by atoms with Gasteiger partial charge < -0.3 is 10.6 Å². The van der Waals surface area contributed by atoms with Gasteiger partial charge in [-0.05, 0) is 48.5 Å². The van der Waals surface area contributed by atoms with E-state index in [1.807, 2.05) is 37.3 Å². The van der Waals surface area contributed by atoms with Crippen LogP contribution in [0.4, 0.5) is 0 Å². The molecule has 4 heteroatoms. The highest BCUT2D eigenvalue weighted by Crippen LogP contribution is 2.37. The molecule has 0 aliphatic heterocycles. The summed E-state index contributed by atoms with van der Waals surface area (Å²) in [4.78, 5) is 24.2. The third kappa shape index (κ3) is 5.87. The average molecular weight is 344 g/mol. The van der Waals surface area contributed by atoms with Crippen LogP contribution in [0.2, 0.25) is 0 Å². The van der Waals surface area contributed by atoms with Crippen molar-refractivity contribution in [2.24, 2.45) is 11.3 Å². The van der Waals surface area contributed by atoms with E-state index in [2.05, 4.69) is 31.4 Å². The number of rotatable bonds is 4. The number of carbonyl (C=O) groups is 2. The Hall–Kier alpha value is -1.84. The number of hydrogen-bond acceptors (Lipinski definition) is 2. The lowest BCUT2D eigenvalue weighted by Crippen LogP contribution is -2.46. The van der Waals surface area contributed by atoms with Crippen LogP contribution in [0.15, 0.2) is 30.3 Å². The van der Waals surface area contributed by atoms with Crippen LogP contribution in [0.3, 0.4) is 0 Å². The van der Waals surface area contributed by atoms with Crippen molar-refractivity contribution < 1.29 is 9.59 Å². The molecule has 0 saturated heterocycles. The maximum absolute atomic E-state index is 12.1. The van der Waals surface area contributed by atoms with Gasteiger partial charge in [-0.15, -0.1) is 0 Å². The van der Waals surface area contributed by atoms with Crippen LogP contribution in [0, 0.1) is 11.3 Å². The third-order valence-electron chi connectivity index (χ3n) is 5.43. The minimum atomic E-state index is -0.527. The fraction of sp³-hybridized carbons (Fsp3) is 0.619. The van der Waals surface area contributed by atoms with Gasteiger partial charge in [0, 0.05) is 12.6 Å². The molecule has 1 aliphatic rings. The van der Waals surface area contributed by atoms with Crippen molar-refractivity contribution in [1.82, 2.24) is 10.6 Å². The van der Waals surface area contributed by atoms with Crippen LogP contribution in [0.25, 0.3) is 0 Å². The molecule has 1 aromatic rings. The molecule has 2 rings (SSSR count). The molecule has 0 spiro atoms. The highest BCUT2D eigenvalue weighted by atomic mass is 16.2. The van der Waals surface area contributed by atoms with Gasteiger partial charge in [-0.2, -0.15) is 0 Å². The Bertz CT molecular complexity index is 569.